The average molecular weight is 638 g/mol. The normalized spacial score (nSPS) is 11.6. The summed E-state index contributed by atoms with van der Waals surface area (Å²) in [6.45, 7) is 0. The van der Waals surface area contributed by atoms with E-state index in [0.717, 1.165) is 33.3 Å². The van der Waals surface area contributed by atoms with Crippen LogP contribution in [0.5, 0.6) is 0 Å². The molecule has 50 heavy (non-hydrogen) atoms. The van der Waals surface area contributed by atoms with Crippen LogP contribution in [0.4, 0.5) is 0 Å². The fraction of sp³-hybridized carbons (Fsp3) is 0. The van der Waals surface area contributed by atoms with Crippen molar-refractivity contribution in [3.8, 4) is 44.8 Å². The third-order valence-electron chi connectivity index (χ3n) is 9.95. The summed E-state index contributed by atoms with van der Waals surface area (Å²) in [6.07, 6.45) is 1.89. The molecule has 0 saturated carbocycles. The Bertz CT molecular complexity index is 2850. The Hall–Kier alpha value is -6.71. The largest absolute Gasteiger partial charge is 0.309 e. The molecule has 3 nitrogen and oxygen atoms in total. The maximum Gasteiger partial charge on any atom is 0.0963 e. The summed E-state index contributed by atoms with van der Waals surface area (Å²) in [5.74, 6) is 0. The highest BCUT2D eigenvalue weighted by atomic mass is 15.0. The van der Waals surface area contributed by atoms with Crippen LogP contribution in [-0.2, 0) is 0 Å². The summed E-state index contributed by atoms with van der Waals surface area (Å²) in [5.41, 5.74) is 15.1. The molecule has 0 N–H and O–H groups in total. The average Bonchev–Trinajstić information content (AvgIpc) is 3.71. The first-order chi connectivity index (χ1) is 24.8. The molecule has 10 rings (SSSR count). The molecule has 10 aromatic rings. The van der Waals surface area contributed by atoms with Crippen molar-refractivity contribution < 1.29 is 0 Å². The minimum absolute atomic E-state index is 1.01. The van der Waals surface area contributed by atoms with Crippen LogP contribution in [0.2, 0.25) is 0 Å². The molecule has 0 radical (unpaired) electrons. The minimum Gasteiger partial charge on any atom is -0.309 e. The fourth-order valence-corrected chi connectivity index (χ4v) is 7.71. The van der Waals surface area contributed by atoms with Gasteiger partial charge in [0.05, 0.1) is 27.6 Å². The maximum atomic E-state index is 4.85. The molecule has 0 aliphatic heterocycles. The van der Waals surface area contributed by atoms with Gasteiger partial charge in [0.1, 0.15) is 0 Å². The first kappa shape index (κ1) is 28.3. The van der Waals surface area contributed by atoms with Gasteiger partial charge in [-0.3, -0.25) is 4.98 Å². The Morgan fingerprint density at radius 2 is 0.880 bits per heavy atom. The predicted octanol–water partition coefficient (Wildman–Crippen LogP) is 12.3. The molecule has 0 atom stereocenters. The molecule has 234 valence electrons. The number of fused-ring (bicyclic) bond motifs is 6. The van der Waals surface area contributed by atoms with E-state index in [0.29, 0.717) is 0 Å². The number of pyridine rings is 1. The molecule has 3 heterocycles. The Morgan fingerprint density at radius 1 is 0.340 bits per heavy atom. The Balaban J connectivity index is 1.17. The van der Waals surface area contributed by atoms with Gasteiger partial charge in [-0.1, -0.05) is 109 Å². The Labute approximate surface area is 290 Å². The van der Waals surface area contributed by atoms with Crippen LogP contribution in [0.15, 0.2) is 188 Å². The molecule has 0 spiro atoms. The van der Waals surface area contributed by atoms with E-state index in [2.05, 4.69) is 185 Å². The maximum absolute atomic E-state index is 4.85. The summed E-state index contributed by atoms with van der Waals surface area (Å²) < 4.78 is 4.71. The summed E-state index contributed by atoms with van der Waals surface area (Å²) in [6, 6.07) is 65.4. The molecule has 0 aliphatic rings. The van der Waals surface area contributed by atoms with Crippen LogP contribution in [0.1, 0.15) is 0 Å². The third-order valence-corrected chi connectivity index (χ3v) is 9.95. The van der Waals surface area contributed by atoms with Crippen molar-refractivity contribution in [2.75, 3.05) is 0 Å². The summed E-state index contributed by atoms with van der Waals surface area (Å²) >= 11 is 0. The molecule has 3 aromatic heterocycles. The van der Waals surface area contributed by atoms with Crippen molar-refractivity contribution in [1.82, 2.24) is 14.1 Å². The predicted molar refractivity (Wildman–Crippen MR) is 209 cm³/mol. The second-order valence-electron chi connectivity index (χ2n) is 12.8. The van der Waals surface area contributed by atoms with Gasteiger partial charge in [-0.05, 0) is 106 Å². The molecule has 0 aliphatic carbocycles. The number of benzene rings is 7. The summed E-state index contributed by atoms with van der Waals surface area (Å²) in [7, 11) is 0. The smallest absolute Gasteiger partial charge is 0.0963 e. The molecule has 0 bridgehead atoms. The number of rotatable bonds is 5. The van der Waals surface area contributed by atoms with E-state index in [1.165, 1.54) is 55.2 Å². The van der Waals surface area contributed by atoms with Crippen LogP contribution in [-0.4, -0.2) is 14.1 Å². The van der Waals surface area contributed by atoms with Crippen LogP contribution in [0.25, 0.3) is 88.5 Å². The van der Waals surface area contributed by atoms with E-state index < -0.39 is 0 Å². The number of hydrogen-bond acceptors (Lipinski definition) is 1. The van der Waals surface area contributed by atoms with Crippen molar-refractivity contribution in [3.05, 3.63) is 188 Å². The zero-order chi connectivity index (χ0) is 33.0. The van der Waals surface area contributed by atoms with E-state index >= 15 is 0 Å². The Kier molecular flexibility index (Phi) is 6.49. The number of nitrogens with zero attached hydrogens (tertiary/aromatic N) is 3. The van der Waals surface area contributed by atoms with Gasteiger partial charge >= 0.3 is 0 Å². The second kappa shape index (κ2) is 11.5. The van der Waals surface area contributed by atoms with Crippen molar-refractivity contribution in [2.45, 2.75) is 0 Å². The van der Waals surface area contributed by atoms with Crippen LogP contribution in [0.3, 0.4) is 0 Å². The third kappa shape index (κ3) is 4.48. The van der Waals surface area contributed by atoms with Crippen molar-refractivity contribution >= 4 is 43.7 Å². The second-order valence-corrected chi connectivity index (χ2v) is 12.8. The van der Waals surface area contributed by atoms with Crippen LogP contribution < -0.4 is 0 Å². The first-order valence-electron chi connectivity index (χ1n) is 17.1. The van der Waals surface area contributed by atoms with E-state index in [-0.39, 0.29) is 0 Å². The Morgan fingerprint density at radius 3 is 1.62 bits per heavy atom. The van der Waals surface area contributed by atoms with Gasteiger partial charge in [-0.15, -0.1) is 0 Å². The zero-order valence-electron chi connectivity index (χ0n) is 27.2. The molecular weight excluding hydrogens is 607 g/mol. The van der Waals surface area contributed by atoms with Crippen molar-refractivity contribution in [3.63, 3.8) is 0 Å². The van der Waals surface area contributed by atoms with Gasteiger partial charge < -0.3 is 9.13 Å². The number of hydrogen-bond donors (Lipinski definition) is 0. The highest BCUT2D eigenvalue weighted by molar-refractivity contribution is 6.17. The zero-order valence-corrected chi connectivity index (χ0v) is 27.2. The molecular formula is C47H31N3. The van der Waals surface area contributed by atoms with E-state index in [9.17, 15) is 0 Å². The molecule has 0 unspecified atom stereocenters. The monoisotopic (exact) mass is 637 g/mol. The van der Waals surface area contributed by atoms with Crippen molar-refractivity contribution in [2.24, 2.45) is 0 Å². The van der Waals surface area contributed by atoms with Gasteiger partial charge in [0.15, 0.2) is 0 Å². The van der Waals surface area contributed by atoms with E-state index in [4.69, 9.17) is 4.98 Å². The highest BCUT2D eigenvalue weighted by Gasteiger charge is 2.18. The molecule has 0 saturated heterocycles. The fourth-order valence-electron chi connectivity index (χ4n) is 7.71. The summed E-state index contributed by atoms with van der Waals surface area (Å²) in [5, 5.41) is 3.65. The standard InChI is InChI=1S/C47H31N3/c1-4-13-32(14-5-1)34-24-26-42-40(30-34)46-39(21-11-22-44(46)49(42)37-17-6-2-7-18-37)36-16-10-15-33(29-36)35-25-27-43-41(31-35)47-45(23-12-28-48-47)50(43)38-19-8-3-9-20-38/h1-31H. The quantitative estimate of drug-likeness (QED) is 0.184. The molecule has 0 fully saturated rings. The van der Waals surface area contributed by atoms with Gasteiger partial charge in [-0.25, -0.2) is 0 Å². The summed E-state index contributed by atoms with van der Waals surface area (Å²) in [4.78, 5) is 4.85. The van der Waals surface area contributed by atoms with Gasteiger partial charge in [0.2, 0.25) is 0 Å². The lowest BCUT2D eigenvalue weighted by molar-refractivity contribution is 1.18. The topological polar surface area (TPSA) is 22.8 Å². The van der Waals surface area contributed by atoms with Crippen molar-refractivity contribution in [1.29, 1.82) is 0 Å². The number of para-hydroxylation sites is 2. The van der Waals surface area contributed by atoms with E-state index in [1.807, 2.05) is 12.3 Å². The van der Waals surface area contributed by atoms with Crippen LogP contribution >= 0.6 is 0 Å². The number of aromatic nitrogens is 3. The van der Waals surface area contributed by atoms with E-state index in [1.54, 1.807) is 0 Å². The van der Waals surface area contributed by atoms with Gasteiger partial charge in [0, 0.05) is 33.7 Å². The molecule has 0 amide bonds. The van der Waals surface area contributed by atoms with Gasteiger partial charge in [0.25, 0.3) is 0 Å². The lowest BCUT2D eigenvalue weighted by Gasteiger charge is -2.10. The molecule has 3 heteroatoms. The SMILES string of the molecule is c1ccc(-c2ccc3c(c2)c2c(-c4cccc(-c5ccc6c(c5)c5ncccc5n6-c5ccccc5)c4)cccc2n3-c2ccccc2)cc1. The lowest BCUT2D eigenvalue weighted by atomic mass is 9.94. The van der Waals surface area contributed by atoms with Gasteiger partial charge in [-0.2, -0.15) is 0 Å². The minimum atomic E-state index is 1.01. The molecule has 7 aromatic carbocycles. The first-order valence-corrected chi connectivity index (χ1v) is 17.1. The van der Waals surface area contributed by atoms with Crippen LogP contribution in [0, 0.1) is 0 Å². The lowest BCUT2D eigenvalue weighted by Crippen LogP contribution is -1.93. The highest BCUT2D eigenvalue weighted by Crippen LogP contribution is 2.41.